The highest BCUT2D eigenvalue weighted by atomic mass is 16.4. The molecule has 1 aliphatic rings. The van der Waals surface area contributed by atoms with Crippen LogP contribution in [0.5, 0.6) is 0 Å². The normalized spacial score (nSPS) is 23.4. The standard InChI is InChI=1S/C17H19NO2/c19-17(20)15-8-3-1-2-7-14(15)13-10-12-6-4-5-9-16(12)18-11-13/h4-6,9-11,14-15H,1-3,7-8H2,(H,19,20). The molecule has 0 saturated heterocycles. The van der Waals surface area contributed by atoms with Crippen LogP contribution in [-0.4, -0.2) is 16.1 Å². The first kappa shape index (κ1) is 13.1. The van der Waals surface area contributed by atoms with Gasteiger partial charge in [0.2, 0.25) is 0 Å². The molecule has 1 aliphatic carbocycles. The van der Waals surface area contributed by atoms with Gasteiger partial charge in [-0.05, 0) is 36.5 Å². The summed E-state index contributed by atoms with van der Waals surface area (Å²) in [7, 11) is 0. The Balaban J connectivity index is 2.00. The number of hydrogen-bond donors (Lipinski definition) is 1. The summed E-state index contributed by atoms with van der Waals surface area (Å²) < 4.78 is 0. The quantitative estimate of drug-likeness (QED) is 0.839. The molecule has 0 amide bonds. The monoisotopic (exact) mass is 269 g/mol. The summed E-state index contributed by atoms with van der Waals surface area (Å²) in [5.41, 5.74) is 2.05. The van der Waals surface area contributed by atoms with E-state index < -0.39 is 5.97 Å². The molecule has 2 unspecified atom stereocenters. The smallest absolute Gasteiger partial charge is 0.307 e. The van der Waals surface area contributed by atoms with Gasteiger partial charge in [-0.3, -0.25) is 9.78 Å². The third kappa shape index (κ3) is 2.53. The third-order valence-corrected chi connectivity index (χ3v) is 4.37. The largest absolute Gasteiger partial charge is 0.481 e. The van der Waals surface area contributed by atoms with E-state index in [0.29, 0.717) is 0 Å². The van der Waals surface area contributed by atoms with Crippen LogP contribution in [0.3, 0.4) is 0 Å². The molecule has 0 bridgehead atoms. The summed E-state index contributed by atoms with van der Waals surface area (Å²) in [6, 6.07) is 10.1. The minimum Gasteiger partial charge on any atom is -0.481 e. The fourth-order valence-electron chi connectivity index (χ4n) is 3.29. The predicted octanol–water partition coefficient (Wildman–Crippen LogP) is 3.98. The fraction of sp³-hybridized carbons (Fsp3) is 0.412. The Hall–Kier alpha value is -1.90. The zero-order valence-corrected chi connectivity index (χ0v) is 11.5. The van der Waals surface area contributed by atoms with Crippen LogP contribution in [0.15, 0.2) is 36.5 Å². The molecule has 104 valence electrons. The van der Waals surface area contributed by atoms with Crippen molar-refractivity contribution in [1.82, 2.24) is 4.98 Å². The Morgan fingerprint density at radius 2 is 1.95 bits per heavy atom. The van der Waals surface area contributed by atoms with Gasteiger partial charge in [-0.2, -0.15) is 0 Å². The lowest BCUT2D eigenvalue weighted by molar-refractivity contribution is -0.142. The number of aliphatic carboxylic acids is 1. The SMILES string of the molecule is O=C(O)C1CCCCCC1c1cnc2ccccc2c1. The van der Waals surface area contributed by atoms with Crippen molar-refractivity contribution in [3.63, 3.8) is 0 Å². The summed E-state index contributed by atoms with van der Waals surface area (Å²) in [4.78, 5) is 16.0. The van der Waals surface area contributed by atoms with E-state index in [0.717, 1.165) is 48.6 Å². The third-order valence-electron chi connectivity index (χ3n) is 4.37. The molecule has 2 atom stereocenters. The van der Waals surface area contributed by atoms with Gasteiger partial charge in [0.05, 0.1) is 11.4 Å². The van der Waals surface area contributed by atoms with Crippen LogP contribution in [-0.2, 0) is 4.79 Å². The molecule has 0 aliphatic heterocycles. The second-order valence-electron chi connectivity index (χ2n) is 5.65. The number of carboxylic acid groups (broad SMARTS) is 1. The lowest BCUT2D eigenvalue weighted by Crippen LogP contribution is -2.21. The highest BCUT2D eigenvalue weighted by Gasteiger charge is 2.30. The first-order valence-corrected chi connectivity index (χ1v) is 7.33. The lowest BCUT2D eigenvalue weighted by atomic mass is 9.83. The minimum atomic E-state index is -0.662. The summed E-state index contributed by atoms with van der Waals surface area (Å²) in [5, 5.41) is 10.6. The van der Waals surface area contributed by atoms with Gasteiger partial charge in [0.15, 0.2) is 0 Å². The molecule has 3 rings (SSSR count). The molecular formula is C17H19NO2. The van der Waals surface area contributed by atoms with E-state index in [-0.39, 0.29) is 11.8 Å². The Labute approximate surface area is 118 Å². The number of nitrogens with zero attached hydrogens (tertiary/aromatic N) is 1. The van der Waals surface area contributed by atoms with Gasteiger partial charge >= 0.3 is 5.97 Å². The van der Waals surface area contributed by atoms with Crippen molar-refractivity contribution >= 4 is 16.9 Å². The number of carbonyl (C=O) groups is 1. The second-order valence-corrected chi connectivity index (χ2v) is 5.65. The fourth-order valence-corrected chi connectivity index (χ4v) is 3.29. The molecule has 1 N–H and O–H groups in total. The van der Waals surface area contributed by atoms with Crippen LogP contribution in [0.4, 0.5) is 0 Å². The van der Waals surface area contributed by atoms with Crippen LogP contribution in [0.2, 0.25) is 0 Å². The van der Waals surface area contributed by atoms with E-state index in [1.54, 1.807) is 0 Å². The zero-order chi connectivity index (χ0) is 13.9. The molecular weight excluding hydrogens is 250 g/mol. The number of pyridine rings is 1. The van der Waals surface area contributed by atoms with Crippen molar-refractivity contribution in [2.75, 3.05) is 0 Å². The molecule has 2 aromatic rings. The summed E-state index contributed by atoms with van der Waals surface area (Å²) >= 11 is 0. The maximum atomic E-state index is 11.5. The number of carboxylic acids is 1. The zero-order valence-electron chi connectivity index (χ0n) is 11.5. The molecule has 0 radical (unpaired) electrons. The minimum absolute atomic E-state index is 0.104. The molecule has 1 saturated carbocycles. The van der Waals surface area contributed by atoms with Gasteiger partial charge in [0, 0.05) is 11.6 Å². The van der Waals surface area contributed by atoms with Crippen molar-refractivity contribution in [2.45, 2.75) is 38.0 Å². The highest BCUT2D eigenvalue weighted by Crippen LogP contribution is 2.37. The topological polar surface area (TPSA) is 50.2 Å². The number of hydrogen-bond acceptors (Lipinski definition) is 2. The van der Waals surface area contributed by atoms with E-state index in [1.165, 1.54) is 0 Å². The molecule has 1 fully saturated rings. The van der Waals surface area contributed by atoms with Crippen LogP contribution >= 0.6 is 0 Å². The average Bonchev–Trinajstić information content (AvgIpc) is 2.72. The predicted molar refractivity (Wildman–Crippen MR) is 78.7 cm³/mol. The van der Waals surface area contributed by atoms with Gasteiger partial charge < -0.3 is 5.11 Å². The maximum absolute atomic E-state index is 11.5. The van der Waals surface area contributed by atoms with Crippen LogP contribution in [0, 0.1) is 5.92 Å². The summed E-state index contributed by atoms with van der Waals surface area (Å²) in [5.74, 6) is -0.822. The number of aromatic nitrogens is 1. The van der Waals surface area contributed by atoms with E-state index in [9.17, 15) is 9.90 Å². The van der Waals surface area contributed by atoms with Crippen molar-refractivity contribution in [1.29, 1.82) is 0 Å². The Kier molecular flexibility index (Phi) is 3.68. The number of benzene rings is 1. The Morgan fingerprint density at radius 1 is 1.15 bits per heavy atom. The molecule has 1 heterocycles. The molecule has 1 aromatic heterocycles. The number of rotatable bonds is 2. The van der Waals surface area contributed by atoms with Gasteiger partial charge in [0.25, 0.3) is 0 Å². The summed E-state index contributed by atoms with van der Waals surface area (Å²) in [6.45, 7) is 0. The molecule has 3 nitrogen and oxygen atoms in total. The van der Waals surface area contributed by atoms with Crippen molar-refractivity contribution in [3.05, 3.63) is 42.1 Å². The Bertz CT molecular complexity index is 623. The van der Waals surface area contributed by atoms with E-state index in [1.807, 2.05) is 30.5 Å². The maximum Gasteiger partial charge on any atom is 0.307 e. The van der Waals surface area contributed by atoms with E-state index >= 15 is 0 Å². The van der Waals surface area contributed by atoms with Gasteiger partial charge in [-0.15, -0.1) is 0 Å². The molecule has 0 spiro atoms. The summed E-state index contributed by atoms with van der Waals surface area (Å²) in [6.07, 6.45) is 6.88. The van der Waals surface area contributed by atoms with Crippen molar-refractivity contribution < 1.29 is 9.90 Å². The van der Waals surface area contributed by atoms with Crippen LogP contribution < -0.4 is 0 Å². The Morgan fingerprint density at radius 3 is 2.80 bits per heavy atom. The molecule has 1 aromatic carbocycles. The average molecular weight is 269 g/mol. The van der Waals surface area contributed by atoms with Gasteiger partial charge in [0.1, 0.15) is 0 Å². The first-order valence-electron chi connectivity index (χ1n) is 7.33. The van der Waals surface area contributed by atoms with E-state index in [4.69, 9.17) is 0 Å². The van der Waals surface area contributed by atoms with Crippen molar-refractivity contribution in [2.24, 2.45) is 5.92 Å². The lowest BCUT2D eigenvalue weighted by Gasteiger charge is -2.22. The van der Waals surface area contributed by atoms with Crippen LogP contribution in [0.25, 0.3) is 10.9 Å². The van der Waals surface area contributed by atoms with Gasteiger partial charge in [-0.1, -0.05) is 37.5 Å². The second kappa shape index (κ2) is 5.61. The van der Waals surface area contributed by atoms with E-state index in [2.05, 4.69) is 11.1 Å². The molecule has 3 heteroatoms. The highest BCUT2D eigenvalue weighted by molar-refractivity contribution is 5.79. The van der Waals surface area contributed by atoms with Crippen molar-refractivity contribution in [3.8, 4) is 0 Å². The first-order chi connectivity index (χ1) is 9.75. The van der Waals surface area contributed by atoms with Crippen LogP contribution in [0.1, 0.15) is 43.6 Å². The van der Waals surface area contributed by atoms with Gasteiger partial charge in [-0.25, -0.2) is 0 Å². The molecule has 20 heavy (non-hydrogen) atoms. The number of fused-ring (bicyclic) bond motifs is 1. The number of para-hydroxylation sites is 1.